The van der Waals surface area contributed by atoms with E-state index in [0.717, 1.165) is 27.9 Å². The van der Waals surface area contributed by atoms with Crippen molar-refractivity contribution in [3.05, 3.63) is 5.56 Å². The van der Waals surface area contributed by atoms with Gasteiger partial charge in [0.2, 0.25) is 0 Å². The fourth-order valence-electron chi connectivity index (χ4n) is 0.813. The maximum atomic E-state index is 12.1. The van der Waals surface area contributed by atoms with E-state index >= 15 is 0 Å². The van der Waals surface area contributed by atoms with E-state index in [1.807, 2.05) is 13.0 Å². The van der Waals surface area contributed by atoms with Crippen molar-refractivity contribution in [3.8, 4) is 6.07 Å². The fraction of sp³-hybridized carbons (Fsp3) is 0.500. The molecule has 0 aliphatic carbocycles. The van der Waals surface area contributed by atoms with Gasteiger partial charge in [0, 0.05) is 0 Å². The Balaban J connectivity index is 2.81. The minimum absolute atomic E-state index is 0.149. The molecule has 2 nitrogen and oxygen atoms in total. The van der Waals surface area contributed by atoms with E-state index < -0.39 is 5.76 Å². The van der Waals surface area contributed by atoms with Crippen LogP contribution in [-0.2, 0) is 0 Å². The number of aromatic nitrogens is 1. The van der Waals surface area contributed by atoms with Gasteiger partial charge in [-0.05, 0) is 35.5 Å². The summed E-state index contributed by atoms with van der Waals surface area (Å²) in [6, 6.07) is 1.93. The van der Waals surface area contributed by atoms with Gasteiger partial charge in [-0.3, -0.25) is 0 Å². The zero-order chi connectivity index (χ0) is 11.3. The summed E-state index contributed by atoms with van der Waals surface area (Å²) in [7, 11) is 0. The Labute approximate surface area is 99.2 Å². The van der Waals surface area contributed by atoms with E-state index in [1.54, 1.807) is 0 Å². The van der Waals surface area contributed by atoms with Gasteiger partial charge in [-0.25, -0.2) is 0 Å². The van der Waals surface area contributed by atoms with Crippen LogP contribution < -0.4 is 0 Å². The first-order valence-corrected chi connectivity index (χ1v) is 6.80. The molecule has 0 fully saturated rings. The topological polar surface area (TPSA) is 36.7 Å². The molecule has 0 amide bonds. The second-order valence-corrected chi connectivity index (χ2v) is 5.60. The first-order chi connectivity index (χ1) is 7.19. The number of halogens is 2. The molecule has 82 valence electrons. The Kier molecular flexibility index (Phi) is 5.36. The summed E-state index contributed by atoms with van der Waals surface area (Å²) in [6.07, 6.45) is 0.977. The van der Waals surface area contributed by atoms with Crippen LogP contribution in [0, 0.1) is 11.3 Å². The highest BCUT2D eigenvalue weighted by Crippen LogP contribution is 2.36. The average molecular weight is 266 g/mol. The van der Waals surface area contributed by atoms with E-state index in [1.165, 1.54) is 11.8 Å². The fourth-order valence-corrected chi connectivity index (χ4v) is 3.40. The monoisotopic (exact) mass is 266 g/mol. The molecule has 1 rings (SSSR count). The molecule has 0 aliphatic heterocycles. The molecule has 0 atom stereocenters. The third-order valence-electron chi connectivity index (χ3n) is 1.38. The van der Waals surface area contributed by atoms with Crippen molar-refractivity contribution in [3.63, 3.8) is 0 Å². The van der Waals surface area contributed by atoms with E-state index in [2.05, 4.69) is 4.37 Å². The van der Waals surface area contributed by atoms with Gasteiger partial charge >= 0.3 is 0 Å². The summed E-state index contributed by atoms with van der Waals surface area (Å²) in [6.45, 7) is 2.02. The number of nitrogens with zero attached hydrogens (tertiary/aromatic N) is 2. The van der Waals surface area contributed by atoms with E-state index in [0.29, 0.717) is 17.3 Å². The van der Waals surface area contributed by atoms with Gasteiger partial charge in [-0.2, -0.15) is 18.4 Å². The zero-order valence-corrected chi connectivity index (χ0v) is 10.3. The van der Waals surface area contributed by atoms with Gasteiger partial charge in [-0.15, -0.1) is 11.8 Å². The molecule has 0 bridgehead atoms. The Hall–Kier alpha value is -0.320. The van der Waals surface area contributed by atoms with Crippen LogP contribution in [0.2, 0.25) is 0 Å². The van der Waals surface area contributed by atoms with Crippen LogP contribution in [0.1, 0.15) is 18.9 Å². The van der Waals surface area contributed by atoms with Gasteiger partial charge in [0.1, 0.15) is 16.7 Å². The first-order valence-electron chi connectivity index (χ1n) is 4.16. The number of nitriles is 1. The maximum absolute atomic E-state index is 12.1. The predicted molar refractivity (Wildman–Crippen MR) is 59.7 cm³/mol. The molecule has 0 radical (unpaired) electrons. The van der Waals surface area contributed by atoms with Gasteiger partial charge in [0.05, 0.1) is 4.21 Å². The maximum Gasteiger partial charge on any atom is 0.290 e. The molecule has 1 aromatic heterocycles. The zero-order valence-electron chi connectivity index (χ0n) is 7.87. The quantitative estimate of drug-likeness (QED) is 0.759. The Morgan fingerprint density at radius 2 is 2.33 bits per heavy atom. The lowest BCUT2D eigenvalue weighted by atomic mass is 10.4. The van der Waals surface area contributed by atoms with Crippen LogP contribution in [0.3, 0.4) is 0 Å². The minimum atomic E-state index is -2.52. The summed E-state index contributed by atoms with van der Waals surface area (Å²) in [5, 5.41) is 8.99. The lowest BCUT2D eigenvalue weighted by Crippen LogP contribution is -1.85. The number of rotatable bonds is 5. The van der Waals surface area contributed by atoms with Crippen LogP contribution in [-0.4, -0.2) is 15.9 Å². The van der Waals surface area contributed by atoms with Crippen LogP contribution in [0.15, 0.2) is 9.24 Å². The van der Waals surface area contributed by atoms with Crippen LogP contribution in [0.4, 0.5) is 8.78 Å². The Morgan fingerprint density at radius 1 is 1.60 bits per heavy atom. The summed E-state index contributed by atoms with van der Waals surface area (Å²) >= 11 is 2.95. The third-order valence-corrected chi connectivity index (χ3v) is 4.49. The van der Waals surface area contributed by atoms with E-state index in [9.17, 15) is 8.78 Å². The summed E-state index contributed by atoms with van der Waals surface area (Å²) < 4.78 is 28.8. The molecule has 0 unspecified atom stereocenters. The lowest BCUT2D eigenvalue weighted by molar-refractivity contribution is 0.252. The SMILES string of the molecule is CCCSc1snc(SC(F)F)c1C#N. The molecule has 0 spiro atoms. The van der Waals surface area contributed by atoms with E-state index in [4.69, 9.17) is 5.26 Å². The highest BCUT2D eigenvalue weighted by molar-refractivity contribution is 8.01. The van der Waals surface area contributed by atoms with Crippen molar-refractivity contribution in [2.24, 2.45) is 0 Å². The standard InChI is InChI=1S/C8H8F2N2S3/c1-2-3-13-7-5(4-11)6(12-15-7)14-8(9)10/h8H,2-3H2,1H3. The Bertz CT molecular complexity index is 359. The third kappa shape index (κ3) is 3.63. The van der Waals surface area contributed by atoms with Crippen LogP contribution in [0.5, 0.6) is 0 Å². The number of hydrogen-bond acceptors (Lipinski definition) is 5. The first kappa shape index (κ1) is 12.7. The molecular formula is C8H8F2N2S3. The molecule has 1 heterocycles. The summed E-state index contributed by atoms with van der Waals surface area (Å²) in [5.41, 5.74) is 0.295. The lowest BCUT2D eigenvalue weighted by Gasteiger charge is -1.96. The van der Waals surface area contributed by atoms with Crippen LogP contribution in [0.25, 0.3) is 0 Å². The van der Waals surface area contributed by atoms with Gasteiger partial charge in [-0.1, -0.05) is 6.92 Å². The minimum Gasteiger partial charge on any atom is -0.198 e. The Morgan fingerprint density at radius 3 is 2.87 bits per heavy atom. The molecular weight excluding hydrogens is 258 g/mol. The molecule has 0 saturated heterocycles. The van der Waals surface area contributed by atoms with Crippen molar-refractivity contribution in [1.82, 2.24) is 4.37 Å². The van der Waals surface area contributed by atoms with Crippen LogP contribution >= 0.6 is 35.1 Å². The summed E-state index contributed by atoms with van der Waals surface area (Å²) in [4.78, 5) is 0. The largest absolute Gasteiger partial charge is 0.290 e. The highest BCUT2D eigenvalue weighted by atomic mass is 32.2. The van der Waals surface area contributed by atoms with Crippen molar-refractivity contribution in [1.29, 1.82) is 5.26 Å². The van der Waals surface area contributed by atoms with Gasteiger partial charge < -0.3 is 0 Å². The molecule has 0 aromatic carbocycles. The molecule has 0 aliphatic rings. The smallest absolute Gasteiger partial charge is 0.198 e. The molecule has 0 N–H and O–H groups in total. The molecule has 0 saturated carbocycles. The second kappa shape index (κ2) is 6.30. The molecule has 1 aromatic rings. The van der Waals surface area contributed by atoms with Gasteiger partial charge in [0.15, 0.2) is 0 Å². The van der Waals surface area contributed by atoms with Crippen molar-refractivity contribution < 1.29 is 8.78 Å². The number of thioether (sulfide) groups is 2. The van der Waals surface area contributed by atoms with Crippen molar-refractivity contribution in [2.75, 3.05) is 5.75 Å². The number of alkyl halides is 2. The predicted octanol–water partition coefficient (Wildman–Crippen LogP) is 3.83. The summed E-state index contributed by atoms with van der Waals surface area (Å²) in [5.74, 6) is -1.65. The molecule has 15 heavy (non-hydrogen) atoms. The van der Waals surface area contributed by atoms with Crippen molar-refractivity contribution >= 4 is 35.1 Å². The van der Waals surface area contributed by atoms with Crippen molar-refractivity contribution in [2.45, 2.75) is 28.3 Å². The highest BCUT2D eigenvalue weighted by Gasteiger charge is 2.17. The average Bonchev–Trinajstić information content (AvgIpc) is 2.56. The number of hydrogen-bond donors (Lipinski definition) is 0. The normalized spacial score (nSPS) is 10.6. The second-order valence-electron chi connectivity index (χ2n) is 2.49. The van der Waals surface area contributed by atoms with Gasteiger partial charge in [0.25, 0.3) is 5.76 Å². The molecule has 7 heteroatoms. The van der Waals surface area contributed by atoms with E-state index in [-0.39, 0.29) is 5.03 Å².